The summed E-state index contributed by atoms with van der Waals surface area (Å²) in [4.78, 5) is 0. The molecule has 0 saturated heterocycles. The van der Waals surface area contributed by atoms with E-state index in [0.717, 1.165) is 12.2 Å². The smallest absolute Gasteiger partial charge is 0.383 e. The van der Waals surface area contributed by atoms with Gasteiger partial charge >= 0.3 is 8.80 Å². The average molecular weight is 241 g/mol. The van der Waals surface area contributed by atoms with Crippen molar-refractivity contribution in [3.05, 3.63) is 30.3 Å². The van der Waals surface area contributed by atoms with Crippen molar-refractivity contribution in [3.63, 3.8) is 0 Å². The number of hydrogen-bond donors (Lipinski definition) is 1. The van der Waals surface area contributed by atoms with Crippen molar-refractivity contribution in [2.75, 3.05) is 32.7 Å². The lowest BCUT2D eigenvalue weighted by Crippen LogP contribution is -2.41. The minimum atomic E-state index is -2.38. The summed E-state index contributed by atoms with van der Waals surface area (Å²) < 4.78 is 16.0. The first-order valence-corrected chi connectivity index (χ1v) is 7.46. The molecule has 16 heavy (non-hydrogen) atoms. The van der Waals surface area contributed by atoms with Crippen LogP contribution in [0.5, 0.6) is 0 Å². The third-order valence-corrected chi connectivity index (χ3v) is 4.52. The highest BCUT2D eigenvalue weighted by Gasteiger charge is 2.31. The van der Waals surface area contributed by atoms with E-state index in [2.05, 4.69) is 5.32 Å². The van der Waals surface area contributed by atoms with Crippen molar-refractivity contribution in [2.24, 2.45) is 0 Å². The van der Waals surface area contributed by atoms with Gasteiger partial charge in [-0.2, -0.15) is 0 Å². The van der Waals surface area contributed by atoms with Crippen molar-refractivity contribution in [2.45, 2.75) is 6.55 Å². The number of anilines is 1. The molecule has 1 aromatic rings. The van der Waals surface area contributed by atoms with Gasteiger partial charge in [0.15, 0.2) is 0 Å². The van der Waals surface area contributed by atoms with Gasteiger partial charge in [0.25, 0.3) is 0 Å². The van der Waals surface area contributed by atoms with E-state index in [4.69, 9.17) is 13.3 Å². The van der Waals surface area contributed by atoms with E-state index in [0.29, 0.717) is 6.61 Å². The van der Waals surface area contributed by atoms with Crippen molar-refractivity contribution in [1.82, 2.24) is 0 Å². The summed E-state index contributed by atoms with van der Waals surface area (Å²) in [6.45, 7) is 3.17. The quantitative estimate of drug-likeness (QED) is 0.585. The predicted molar refractivity (Wildman–Crippen MR) is 66.5 cm³/mol. The molecule has 0 amide bonds. The van der Waals surface area contributed by atoms with Gasteiger partial charge in [-0.05, 0) is 12.1 Å². The van der Waals surface area contributed by atoms with Crippen LogP contribution in [0.4, 0.5) is 5.69 Å². The molecular formula is C11H19NO3Si. The van der Waals surface area contributed by atoms with E-state index < -0.39 is 8.80 Å². The number of benzene rings is 1. The fraction of sp³-hybridized carbons (Fsp3) is 0.455. The van der Waals surface area contributed by atoms with Crippen LogP contribution in [0.25, 0.3) is 0 Å². The molecule has 0 radical (unpaired) electrons. The Hall–Kier alpha value is -0.883. The van der Waals surface area contributed by atoms with Gasteiger partial charge in [0.1, 0.15) is 0 Å². The lowest BCUT2D eigenvalue weighted by molar-refractivity contribution is 0.110. The second-order valence-corrected chi connectivity index (χ2v) is 6.24. The molecule has 0 spiro atoms. The number of rotatable bonds is 7. The van der Waals surface area contributed by atoms with Crippen LogP contribution in [-0.2, 0) is 13.3 Å². The molecule has 0 unspecified atom stereocenters. The first kappa shape index (κ1) is 13.2. The molecule has 1 N–H and O–H groups in total. The van der Waals surface area contributed by atoms with Gasteiger partial charge in [-0.1, -0.05) is 18.2 Å². The maximum absolute atomic E-state index is 5.58. The Bertz CT molecular complexity index is 291. The maximum atomic E-state index is 5.58. The molecule has 90 valence electrons. The van der Waals surface area contributed by atoms with Gasteiger partial charge in [0.2, 0.25) is 0 Å². The molecule has 0 aliphatic rings. The number of hydrogen-bond acceptors (Lipinski definition) is 4. The van der Waals surface area contributed by atoms with Gasteiger partial charge in [0.05, 0.1) is 6.61 Å². The summed E-state index contributed by atoms with van der Waals surface area (Å²) in [6, 6.07) is 10.0. The van der Waals surface area contributed by atoms with Crippen LogP contribution in [0.15, 0.2) is 30.3 Å². The van der Waals surface area contributed by atoms with Gasteiger partial charge in [-0.15, -0.1) is 0 Å². The molecule has 1 aromatic carbocycles. The standard InChI is InChI=1S/C11H19NO3Si/c1-13-16(3,14-2)15-10-9-12-11-7-5-4-6-8-11/h4-8,12H,9-10H2,1-3H3. The zero-order valence-corrected chi connectivity index (χ0v) is 11.0. The van der Waals surface area contributed by atoms with Crippen LogP contribution >= 0.6 is 0 Å². The van der Waals surface area contributed by atoms with E-state index in [-0.39, 0.29) is 0 Å². The van der Waals surface area contributed by atoms with Crippen molar-refractivity contribution in [3.8, 4) is 0 Å². The van der Waals surface area contributed by atoms with Crippen LogP contribution in [0, 0.1) is 0 Å². The summed E-state index contributed by atoms with van der Waals surface area (Å²) in [5, 5.41) is 3.25. The van der Waals surface area contributed by atoms with Gasteiger partial charge < -0.3 is 18.6 Å². The van der Waals surface area contributed by atoms with Crippen molar-refractivity contribution < 1.29 is 13.3 Å². The van der Waals surface area contributed by atoms with Crippen molar-refractivity contribution >= 4 is 14.5 Å². The molecule has 0 atom stereocenters. The van der Waals surface area contributed by atoms with Crippen LogP contribution in [0.3, 0.4) is 0 Å². The number of nitrogens with one attached hydrogen (secondary N) is 1. The van der Waals surface area contributed by atoms with Crippen LogP contribution in [-0.4, -0.2) is 36.2 Å². The Morgan fingerprint density at radius 1 is 1.12 bits per heavy atom. The van der Waals surface area contributed by atoms with Crippen molar-refractivity contribution in [1.29, 1.82) is 0 Å². The summed E-state index contributed by atoms with van der Waals surface area (Å²) in [7, 11) is 0.847. The highest BCUT2D eigenvalue weighted by atomic mass is 28.4. The Labute approximate surface area is 97.9 Å². The first-order chi connectivity index (χ1) is 7.70. The Morgan fingerprint density at radius 2 is 1.75 bits per heavy atom. The third kappa shape index (κ3) is 4.32. The van der Waals surface area contributed by atoms with Gasteiger partial charge in [0, 0.05) is 33.0 Å². The Kier molecular flexibility index (Phi) is 5.48. The highest BCUT2D eigenvalue weighted by Crippen LogP contribution is 2.07. The molecule has 0 fully saturated rings. The minimum Gasteiger partial charge on any atom is -0.383 e. The lowest BCUT2D eigenvalue weighted by atomic mass is 10.3. The fourth-order valence-corrected chi connectivity index (χ4v) is 2.06. The van der Waals surface area contributed by atoms with Crippen LogP contribution in [0.2, 0.25) is 6.55 Å². The van der Waals surface area contributed by atoms with Gasteiger partial charge in [-0.25, -0.2) is 0 Å². The predicted octanol–water partition coefficient (Wildman–Crippen LogP) is 1.98. The summed E-state index contributed by atoms with van der Waals surface area (Å²) in [6.07, 6.45) is 0. The monoisotopic (exact) mass is 241 g/mol. The molecule has 0 saturated carbocycles. The fourth-order valence-electron chi connectivity index (χ4n) is 1.19. The maximum Gasteiger partial charge on any atom is 0.497 e. The molecule has 5 heteroatoms. The average Bonchev–Trinajstić information content (AvgIpc) is 2.36. The summed E-state index contributed by atoms with van der Waals surface area (Å²) in [5.41, 5.74) is 1.09. The second-order valence-electron chi connectivity index (χ2n) is 3.41. The molecule has 0 aliphatic heterocycles. The highest BCUT2D eigenvalue weighted by molar-refractivity contribution is 6.59. The normalized spacial score (nSPS) is 11.4. The van der Waals surface area contributed by atoms with E-state index in [9.17, 15) is 0 Å². The van der Waals surface area contributed by atoms with E-state index in [1.54, 1.807) is 14.2 Å². The van der Waals surface area contributed by atoms with E-state index in [1.807, 2.05) is 36.9 Å². The third-order valence-electron chi connectivity index (χ3n) is 2.31. The topological polar surface area (TPSA) is 39.7 Å². The zero-order chi connectivity index (χ0) is 11.9. The molecule has 1 rings (SSSR count). The van der Waals surface area contributed by atoms with Crippen LogP contribution in [0.1, 0.15) is 0 Å². The SMILES string of the molecule is CO[Si](C)(OC)OCCNc1ccccc1. The first-order valence-electron chi connectivity index (χ1n) is 5.23. The largest absolute Gasteiger partial charge is 0.497 e. The summed E-state index contributed by atoms with van der Waals surface area (Å²) in [5.74, 6) is 0. The van der Waals surface area contributed by atoms with Crippen LogP contribution < -0.4 is 5.32 Å². The lowest BCUT2D eigenvalue weighted by Gasteiger charge is -2.22. The number of para-hydroxylation sites is 1. The Morgan fingerprint density at radius 3 is 2.31 bits per heavy atom. The molecule has 0 bridgehead atoms. The van der Waals surface area contributed by atoms with E-state index in [1.165, 1.54) is 0 Å². The molecule has 0 aromatic heterocycles. The molecular weight excluding hydrogens is 222 g/mol. The second kappa shape index (κ2) is 6.65. The molecule has 0 heterocycles. The zero-order valence-electron chi connectivity index (χ0n) is 10.0. The van der Waals surface area contributed by atoms with Gasteiger partial charge in [-0.3, -0.25) is 0 Å². The minimum absolute atomic E-state index is 0.569. The molecule has 4 nitrogen and oxygen atoms in total. The Balaban J connectivity index is 2.22. The summed E-state index contributed by atoms with van der Waals surface area (Å²) >= 11 is 0. The molecule has 0 aliphatic carbocycles. The van der Waals surface area contributed by atoms with E-state index >= 15 is 0 Å².